The zero-order chi connectivity index (χ0) is 15.1. The normalized spacial score (nSPS) is 9.90. The Bertz CT molecular complexity index is 531. The highest BCUT2D eigenvalue weighted by Gasteiger charge is 2.09. The standard InChI is InChI=1S/C13H15FN2O4/c1-8(17)10-7-9(4-5-11(10)14)16-13(20)15-6-2-3-12(18)19/h4-5,7H,2-3,6H2,1H3,(H,18,19)(H2,15,16,20). The minimum atomic E-state index is -0.933. The van der Waals surface area contributed by atoms with E-state index >= 15 is 0 Å². The van der Waals surface area contributed by atoms with Crippen molar-refractivity contribution in [1.29, 1.82) is 0 Å². The number of benzene rings is 1. The lowest BCUT2D eigenvalue weighted by Gasteiger charge is -2.08. The number of halogens is 1. The summed E-state index contributed by atoms with van der Waals surface area (Å²) in [7, 11) is 0. The fraction of sp³-hybridized carbons (Fsp3) is 0.308. The van der Waals surface area contributed by atoms with Crippen LogP contribution in [-0.2, 0) is 4.79 Å². The third-order valence-corrected chi connectivity index (χ3v) is 2.46. The lowest BCUT2D eigenvalue weighted by molar-refractivity contribution is -0.137. The van der Waals surface area contributed by atoms with E-state index in [2.05, 4.69) is 10.6 Å². The molecule has 0 fully saturated rings. The highest BCUT2D eigenvalue weighted by atomic mass is 19.1. The third kappa shape index (κ3) is 5.05. The summed E-state index contributed by atoms with van der Waals surface area (Å²) in [4.78, 5) is 32.9. The number of nitrogens with one attached hydrogen (secondary N) is 2. The number of carboxylic acids is 1. The van der Waals surface area contributed by atoms with Crippen LogP contribution in [0.1, 0.15) is 30.1 Å². The Labute approximate surface area is 115 Å². The summed E-state index contributed by atoms with van der Waals surface area (Å²) in [5.41, 5.74) is 0.181. The molecule has 108 valence electrons. The Morgan fingerprint density at radius 2 is 2.00 bits per heavy atom. The summed E-state index contributed by atoms with van der Waals surface area (Å²) in [6.45, 7) is 1.44. The molecule has 2 amide bonds. The fourth-order valence-corrected chi connectivity index (χ4v) is 1.49. The number of urea groups is 1. The highest BCUT2D eigenvalue weighted by molar-refractivity contribution is 5.97. The Morgan fingerprint density at radius 3 is 2.60 bits per heavy atom. The average Bonchev–Trinajstić information content (AvgIpc) is 2.36. The van der Waals surface area contributed by atoms with Crippen LogP contribution in [0.2, 0.25) is 0 Å². The highest BCUT2D eigenvalue weighted by Crippen LogP contribution is 2.15. The van der Waals surface area contributed by atoms with E-state index in [4.69, 9.17) is 5.11 Å². The topological polar surface area (TPSA) is 95.5 Å². The molecule has 0 aliphatic carbocycles. The van der Waals surface area contributed by atoms with Gasteiger partial charge in [0.2, 0.25) is 0 Å². The maximum absolute atomic E-state index is 13.3. The monoisotopic (exact) mass is 282 g/mol. The maximum Gasteiger partial charge on any atom is 0.319 e. The number of hydrogen-bond donors (Lipinski definition) is 3. The van der Waals surface area contributed by atoms with Gasteiger partial charge in [-0.15, -0.1) is 0 Å². The van der Waals surface area contributed by atoms with E-state index in [0.29, 0.717) is 6.42 Å². The summed E-state index contributed by atoms with van der Waals surface area (Å²) in [5.74, 6) is -2.02. The number of carbonyl (C=O) groups is 3. The molecule has 0 aliphatic rings. The SMILES string of the molecule is CC(=O)c1cc(NC(=O)NCCCC(=O)O)ccc1F. The first-order valence-electron chi connectivity index (χ1n) is 5.97. The quantitative estimate of drug-likeness (QED) is 0.549. The molecule has 0 aliphatic heterocycles. The minimum Gasteiger partial charge on any atom is -0.481 e. The Balaban J connectivity index is 2.52. The Hall–Kier alpha value is -2.44. The molecule has 0 unspecified atom stereocenters. The summed E-state index contributed by atoms with van der Waals surface area (Å²) < 4.78 is 13.3. The summed E-state index contributed by atoms with van der Waals surface area (Å²) in [6.07, 6.45) is 0.274. The number of carbonyl (C=O) groups excluding carboxylic acids is 2. The molecule has 6 nitrogen and oxygen atoms in total. The smallest absolute Gasteiger partial charge is 0.319 e. The first kappa shape index (κ1) is 15.6. The number of rotatable bonds is 6. The Kier molecular flexibility index (Phi) is 5.64. The molecule has 1 aromatic rings. The first-order valence-corrected chi connectivity index (χ1v) is 5.97. The van der Waals surface area contributed by atoms with Crippen molar-refractivity contribution in [2.45, 2.75) is 19.8 Å². The van der Waals surface area contributed by atoms with Crippen molar-refractivity contribution in [3.8, 4) is 0 Å². The summed E-state index contributed by atoms with van der Waals surface area (Å²) in [5, 5.41) is 13.3. The van der Waals surface area contributed by atoms with Gasteiger partial charge in [-0.05, 0) is 31.5 Å². The minimum absolute atomic E-state index is 0.0364. The van der Waals surface area contributed by atoms with Crippen LogP contribution in [0, 0.1) is 5.82 Å². The number of aliphatic carboxylic acids is 1. The molecule has 0 saturated heterocycles. The van der Waals surface area contributed by atoms with E-state index in [-0.39, 0.29) is 24.2 Å². The zero-order valence-corrected chi connectivity index (χ0v) is 10.9. The molecule has 7 heteroatoms. The number of amides is 2. The van der Waals surface area contributed by atoms with Crippen molar-refractivity contribution < 1.29 is 23.9 Å². The van der Waals surface area contributed by atoms with Crippen LogP contribution in [0.5, 0.6) is 0 Å². The predicted molar refractivity (Wildman–Crippen MR) is 70.3 cm³/mol. The van der Waals surface area contributed by atoms with Crippen molar-refractivity contribution in [2.75, 3.05) is 11.9 Å². The number of carboxylic acid groups (broad SMARTS) is 1. The molecule has 1 aromatic carbocycles. The lowest BCUT2D eigenvalue weighted by atomic mass is 10.1. The number of hydrogen-bond acceptors (Lipinski definition) is 3. The average molecular weight is 282 g/mol. The predicted octanol–water partition coefficient (Wildman–Crippen LogP) is 2.01. The molecule has 0 saturated carbocycles. The largest absolute Gasteiger partial charge is 0.481 e. The van der Waals surface area contributed by atoms with Crippen molar-refractivity contribution in [1.82, 2.24) is 5.32 Å². The van der Waals surface area contributed by atoms with Crippen LogP contribution >= 0.6 is 0 Å². The first-order chi connectivity index (χ1) is 9.40. The van der Waals surface area contributed by atoms with Crippen LogP contribution in [0.25, 0.3) is 0 Å². The third-order valence-electron chi connectivity index (χ3n) is 2.46. The van der Waals surface area contributed by atoms with Gasteiger partial charge in [-0.1, -0.05) is 0 Å². The van der Waals surface area contributed by atoms with Gasteiger partial charge < -0.3 is 15.7 Å². The van der Waals surface area contributed by atoms with E-state index in [0.717, 1.165) is 6.07 Å². The van der Waals surface area contributed by atoms with E-state index < -0.39 is 23.6 Å². The van der Waals surface area contributed by atoms with Crippen LogP contribution in [0.3, 0.4) is 0 Å². The van der Waals surface area contributed by atoms with Gasteiger partial charge in [-0.3, -0.25) is 9.59 Å². The molecule has 0 aromatic heterocycles. The van der Waals surface area contributed by atoms with Gasteiger partial charge >= 0.3 is 12.0 Å². The second-order valence-corrected chi connectivity index (χ2v) is 4.13. The molecule has 1 rings (SSSR count). The molecule has 0 spiro atoms. The molecule has 0 bridgehead atoms. The van der Waals surface area contributed by atoms with Gasteiger partial charge in [0.05, 0.1) is 5.56 Å². The molecular formula is C13H15FN2O4. The second kappa shape index (κ2) is 7.22. The van der Waals surface area contributed by atoms with Crippen LogP contribution < -0.4 is 10.6 Å². The molecular weight excluding hydrogens is 267 g/mol. The van der Waals surface area contributed by atoms with Crippen LogP contribution in [0.4, 0.5) is 14.9 Å². The van der Waals surface area contributed by atoms with E-state index in [1.807, 2.05) is 0 Å². The van der Waals surface area contributed by atoms with Crippen molar-refractivity contribution in [3.63, 3.8) is 0 Å². The van der Waals surface area contributed by atoms with Crippen LogP contribution in [0.15, 0.2) is 18.2 Å². The maximum atomic E-state index is 13.3. The lowest BCUT2D eigenvalue weighted by Crippen LogP contribution is -2.29. The summed E-state index contributed by atoms with van der Waals surface area (Å²) >= 11 is 0. The van der Waals surface area contributed by atoms with Crippen molar-refractivity contribution in [2.24, 2.45) is 0 Å². The molecule has 20 heavy (non-hydrogen) atoms. The fourth-order valence-electron chi connectivity index (χ4n) is 1.49. The molecule has 0 radical (unpaired) electrons. The molecule has 3 N–H and O–H groups in total. The van der Waals surface area contributed by atoms with E-state index in [1.165, 1.54) is 19.1 Å². The van der Waals surface area contributed by atoms with E-state index in [9.17, 15) is 18.8 Å². The number of Topliss-reactive ketones (excluding diaryl/α,β-unsaturated/α-hetero) is 1. The van der Waals surface area contributed by atoms with Gasteiger partial charge in [0, 0.05) is 18.7 Å². The number of ketones is 1. The van der Waals surface area contributed by atoms with Gasteiger partial charge in [0.15, 0.2) is 5.78 Å². The zero-order valence-electron chi connectivity index (χ0n) is 10.9. The van der Waals surface area contributed by atoms with Crippen molar-refractivity contribution >= 4 is 23.5 Å². The van der Waals surface area contributed by atoms with Crippen molar-refractivity contribution in [3.05, 3.63) is 29.6 Å². The van der Waals surface area contributed by atoms with Gasteiger partial charge in [-0.25, -0.2) is 9.18 Å². The number of anilines is 1. The van der Waals surface area contributed by atoms with Gasteiger partial charge in [0.25, 0.3) is 0 Å². The summed E-state index contributed by atoms with van der Waals surface area (Å²) in [6, 6.07) is 3.13. The Morgan fingerprint density at radius 1 is 1.30 bits per heavy atom. The van der Waals surface area contributed by atoms with E-state index in [1.54, 1.807) is 0 Å². The molecule has 0 heterocycles. The second-order valence-electron chi connectivity index (χ2n) is 4.13. The van der Waals surface area contributed by atoms with Gasteiger partial charge in [-0.2, -0.15) is 0 Å². The van der Waals surface area contributed by atoms with Crippen LogP contribution in [-0.4, -0.2) is 29.4 Å². The van der Waals surface area contributed by atoms with Gasteiger partial charge in [0.1, 0.15) is 5.82 Å². The molecule has 0 atom stereocenters.